The Kier molecular flexibility index (Phi) is 4.99. The third kappa shape index (κ3) is 4.23. The largest absolute Gasteiger partial charge is 0.332 e. The summed E-state index contributed by atoms with van der Waals surface area (Å²) in [4.78, 5) is 12.3. The number of hydrogen-bond donors (Lipinski definition) is 3. The number of thiocarbonyl (C=S) groups is 1. The minimum atomic E-state index is -3.75. The van der Waals surface area contributed by atoms with Crippen LogP contribution in [0.5, 0.6) is 0 Å². The lowest BCUT2D eigenvalue weighted by Crippen LogP contribution is -2.34. The van der Waals surface area contributed by atoms with E-state index >= 15 is 0 Å². The maximum atomic E-state index is 12.3. The van der Waals surface area contributed by atoms with Gasteiger partial charge in [-0.1, -0.05) is 30.3 Å². The van der Waals surface area contributed by atoms with Crippen LogP contribution in [0, 0.1) is 0 Å². The number of benzene rings is 3. The van der Waals surface area contributed by atoms with Crippen molar-refractivity contribution in [3.8, 4) is 0 Å². The van der Waals surface area contributed by atoms with Crippen LogP contribution < -0.4 is 15.8 Å². The molecule has 1 amide bonds. The van der Waals surface area contributed by atoms with Crippen LogP contribution in [-0.4, -0.2) is 19.4 Å². The Bertz CT molecular complexity index is 1090. The summed E-state index contributed by atoms with van der Waals surface area (Å²) in [5, 5.41) is 12.6. The van der Waals surface area contributed by atoms with Crippen LogP contribution in [0.4, 0.5) is 5.69 Å². The Hall–Kier alpha value is -2.81. The van der Waals surface area contributed by atoms with E-state index in [0.717, 1.165) is 10.8 Å². The average molecular weight is 385 g/mol. The minimum absolute atomic E-state index is 0.00540. The van der Waals surface area contributed by atoms with Gasteiger partial charge in [0, 0.05) is 11.3 Å². The molecule has 0 atom stereocenters. The molecule has 4 N–H and O–H groups in total. The number of amides is 1. The zero-order valence-corrected chi connectivity index (χ0v) is 15.1. The maximum absolute atomic E-state index is 12.3. The van der Waals surface area contributed by atoms with E-state index in [9.17, 15) is 13.2 Å². The number of nitrogens with two attached hydrogens (primary N) is 1. The quantitative estimate of drug-likeness (QED) is 0.602. The van der Waals surface area contributed by atoms with E-state index in [4.69, 9.17) is 17.4 Å². The average Bonchev–Trinajstić information content (AvgIpc) is 2.61. The molecule has 0 bridgehead atoms. The summed E-state index contributed by atoms with van der Waals surface area (Å²) in [5.41, 5.74) is 1.01. The van der Waals surface area contributed by atoms with Gasteiger partial charge in [-0.3, -0.25) is 10.1 Å². The van der Waals surface area contributed by atoms with E-state index in [0.29, 0.717) is 11.3 Å². The highest BCUT2D eigenvalue weighted by Crippen LogP contribution is 2.16. The fourth-order valence-electron chi connectivity index (χ4n) is 2.40. The number of carbonyl (C=O) groups is 1. The van der Waals surface area contributed by atoms with Gasteiger partial charge in [0.2, 0.25) is 10.0 Å². The fourth-order valence-corrected chi connectivity index (χ4v) is 3.12. The molecular weight excluding hydrogens is 370 g/mol. The van der Waals surface area contributed by atoms with Crippen LogP contribution in [0.2, 0.25) is 0 Å². The monoisotopic (exact) mass is 385 g/mol. The normalized spacial score (nSPS) is 11.1. The van der Waals surface area contributed by atoms with Crippen LogP contribution in [0.15, 0.2) is 71.6 Å². The van der Waals surface area contributed by atoms with Gasteiger partial charge in [0.05, 0.1) is 4.90 Å². The highest BCUT2D eigenvalue weighted by Gasteiger charge is 2.10. The first-order valence-electron chi connectivity index (χ1n) is 7.57. The van der Waals surface area contributed by atoms with Crippen LogP contribution in [0.1, 0.15) is 10.4 Å². The molecule has 26 heavy (non-hydrogen) atoms. The van der Waals surface area contributed by atoms with Crippen LogP contribution >= 0.6 is 12.2 Å². The Morgan fingerprint density at radius 1 is 0.923 bits per heavy atom. The molecule has 6 nitrogen and oxygen atoms in total. The molecule has 0 heterocycles. The maximum Gasteiger partial charge on any atom is 0.257 e. The van der Waals surface area contributed by atoms with Gasteiger partial charge < -0.3 is 5.32 Å². The SMILES string of the molecule is NS(=O)(=O)c1ccc(NC(=S)NC(=O)c2ccc3ccccc3c2)cc1. The number of hydrogen-bond acceptors (Lipinski definition) is 4. The molecule has 3 aromatic rings. The van der Waals surface area contributed by atoms with Crippen molar-refractivity contribution in [1.82, 2.24) is 5.32 Å². The zero-order chi connectivity index (χ0) is 18.7. The van der Waals surface area contributed by atoms with E-state index in [-0.39, 0.29) is 15.9 Å². The molecule has 0 radical (unpaired) electrons. The van der Waals surface area contributed by atoms with Crippen molar-refractivity contribution in [2.45, 2.75) is 4.90 Å². The highest BCUT2D eigenvalue weighted by molar-refractivity contribution is 7.89. The van der Waals surface area contributed by atoms with Crippen molar-refractivity contribution < 1.29 is 13.2 Å². The van der Waals surface area contributed by atoms with Crippen molar-refractivity contribution in [1.29, 1.82) is 0 Å². The van der Waals surface area contributed by atoms with E-state index in [2.05, 4.69) is 10.6 Å². The molecule has 3 aromatic carbocycles. The van der Waals surface area contributed by atoms with E-state index in [1.54, 1.807) is 12.1 Å². The number of sulfonamides is 1. The second kappa shape index (κ2) is 7.20. The molecule has 0 aliphatic rings. The predicted octanol–water partition coefficient (Wildman–Crippen LogP) is 2.61. The van der Waals surface area contributed by atoms with Crippen LogP contribution in [0.3, 0.4) is 0 Å². The van der Waals surface area contributed by atoms with Crippen molar-refractivity contribution in [3.63, 3.8) is 0 Å². The molecule has 0 aliphatic carbocycles. The Morgan fingerprint density at radius 3 is 2.23 bits per heavy atom. The Balaban J connectivity index is 1.67. The second-order valence-electron chi connectivity index (χ2n) is 5.54. The standard InChI is InChI=1S/C18H15N3O3S2/c19-26(23,24)16-9-7-15(8-10-16)20-18(25)21-17(22)14-6-5-12-3-1-2-4-13(12)11-14/h1-11H,(H2,19,23,24)(H2,20,21,22,25). The zero-order valence-electron chi connectivity index (χ0n) is 13.5. The molecule has 0 saturated carbocycles. The lowest BCUT2D eigenvalue weighted by molar-refractivity contribution is 0.0978. The van der Waals surface area contributed by atoms with Crippen molar-refractivity contribution in [3.05, 3.63) is 72.3 Å². The molecule has 0 saturated heterocycles. The van der Waals surface area contributed by atoms with Gasteiger partial charge in [-0.05, 0) is 59.4 Å². The molecule has 3 rings (SSSR count). The van der Waals surface area contributed by atoms with Gasteiger partial charge >= 0.3 is 0 Å². The first-order chi connectivity index (χ1) is 12.3. The number of anilines is 1. The van der Waals surface area contributed by atoms with E-state index < -0.39 is 10.0 Å². The van der Waals surface area contributed by atoms with E-state index in [1.165, 1.54) is 24.3 Å². The van der Waals surface area contributed by atoms with Gasteiger partial charge in [-0.2, -0.15) is 0 Å². The van der Waals surface area contributed by atoms with Gasteiger partial charge in [0.1, 0.15) is 0 Å². The smallest absolute Gasteiger partial charge is 0.257 e. The number of carbonyl (C=O) groups excluding carboxylic acids is 1. The van der Waals surface area contributed by atoms with Gasteiger partial charge in [0.15, 0.2) is 5.11 Å². The number of rotatable bonds is 3. The van der Waals surface area contributed by atoms with Crippen LogP contribution in [-0.2, 0) is 10.0 Å². The van der Waals surface area contributed by atoms with E-state index in [1.807, 2.05) is 30.3 Å². The van der Waals surface area contributed by atoms with Crippen molar-refractivity contribution >= 4 is 49.7 Å². The lowest BCUT2D eigenvalue weighted by Gasteiger charge is -2.10. The van der Waals surface area contributed by atoms with Gasteiger partial charge in [-0.15, -0.1) is 0 Å². The molecule has 0 fully saturated rings. The first-order valence-corrected chi connectivity index (χ1v) is 9.52. The molecule has 0 aromatic heterocycles. The molecule has 0 spiro atoms. The fraction of sp³-hybridized carbons (Fsp3) is 0. The highest BCUT2D eigenvalue weighted by atomic mass is 32.2. The Labute approximate surface area is 156 Å². The first kappa shape index (κ1) is 18.0. The summed E-state index contributed by atoms with van der Waals surface area (Å²) >= 11 is 5.13. The van der Waals surface area contributed by atoms with Crippen molar-refractivity contribution in [2.75, 3.05) is 5.32 Å². The summed E-state index contributed by atoms with van der Waals surface area (Å²) < 4.78 is 22.5. The topological polar surface area (TPSA) is 101 Å². The molecule has 8 heteroatoms. The summed E-state index contributed by atoms with van der Waals surface area (Å²) in [7, 11) is -3.75. The summed E-state index contributed by atoms with van der Waals surface area (Å²) in [6.07, 6.45) is 0. The third-order valence-corrected chi connectivity index (χ3v) is 4.81. The molecule has 0 aliphatic heterocycles. The minimum Gasteiger partial charge on any atom is -0.332 e. The summed E-state index contributed by atoms with van der Waals surface area (Å²) in [5.74, 6) is -0.339. The summed E-state index contributed by atoms with van der Waals surface area (Å²) in [6, 6.07) is 18.8. The lowest BCUT2D eigenvalue weighted by atomic mass is 10.1. The number of nitrogens with one attached hydrogen (secondary N) is 2. The third-order valence-electron chi connectivity index (χ3n) is 3.68. The molecule has 132 valence electrons. The predicted molar refractivity (Wildman–Crippen MR) is 105 cm³/mol. The molecule has 0 unspecified atom stereocenters. The number of fused-ring (bicyclic) bond motifs is 1. The van der Waals surface area contributed by atoms with Gasteiger partial charge in [0.25, 0.3) is 5.91 Å². The Morgan fingerprint density at radius 2 is 1.58 bits per heavy atom. The second-order valence-corrected chi connectivity index (χ2v) is 7.51. The number of primary sulfonamides is 1. The van der Waals surface area contributed by atoms with Crippen LogP contribution in [0.25, 0.3) is 10.8 Å². The van der Waals surface area contributed by atoms with Crippen molar-refractivity contribution in [2.24, 2.45) is 5.14 Å². The molecular formula is C18H15N3O3S2. The summed E-state index contributed by atoms with van der Waals surface area (Å²) in [6.45, 7) is 0. The van der Waals surface area contributed by atoms with Gasteiger partial charge in [-0.25, -0.2) is 13.6 Å².